The average molecular weight is 177 g/mol. The summed E-state index contributed by atoms with van der Waals surface area (Å²) in [5.41, 5.74) is 0.711. The monoisotopic (exact) mass is 176 g/mol. The van der Waals surface area contributed by atoms with E-state index in [1.165, 1.54) is 6.07 Å². The van der Waals surface area contributed by atoms with Gasteiger partial charge < -0.3 is 5.11 Å². The van der Waals surface area contributed by atoms with Gasteiger partial charge >= 0.3 is 0 Å². The summed E-state index contributed by atoms with van der Waals surface area (Å²) in [5, 5.41) is 8.94. The third-order valence-electron chi connectivity index (χ3n) is 1.12. The summed E-state index contributed by atoms with van der Waals surface area (Å²) in [5.74, 6) is 0.184. The van der Waals surface area contributed by atoms with Gasteiger partial charge in [-0.15, -0.1) is 23.2 Å². The predicted octanol–water partition coefficient (Wildman–Crippen LogP) is 2.87. The highest BCUT2D eigenvalue weighted by molar-refractivity contribution is 6.44. The molecule has 10 heavy (non-hydrogen) atoms. The number of benzene rings is 1. The van der Waals surface area contributed by atoms with Crippen molar-refractivity contribution in [3.05, 3.63) is 29.8 Å². The Morgan fingerprint density at radius 3 is 2.40 bits per heavy atom. The third-order valence-corrected chi connectivity index (χ3v) is 1.63. The molecule has 0 bridgehead atoms. The van der Waals surface area contributed by atoms with Gasteiger partial charge in [0, 0.05) is 0 Å². The number of phenolic OH excluding ortho intramolecular Hbond substituents is 1. The zero-order chi connectivity index (χ0) is 7.56. The smallest absolute Gasteiger partial charge is 0.132 e. The van der Waals surface area contributed by atoms with Crippen LogP contribution in [0.25, 0.3) is 0 Å². The fourth-order valence-electron chi connectivity index (χ4n) is 0.661. The Kier molecular flexibility index (Phi) is 2.41. The van der Waals surface area contributed by atoms with E-state index in [1.807, 2.05) is 0 Å². The fraction of sp³-hybridized carbons (Fsp3) is 0.143. The molecule has 1 nitrogen and oxygen atoms in total. The fourth-order valence-corrected chi connectivity index (χ4v) is 0.932. The highest BCUT2D eigenvalue weighted by atomic mass is 35.5. The summed E-state index contributed by atoms with van der Waals surface area (Å²) in [4.78, 5) is -0.563. The van der Waals surface area contributed by atoms with Crippen molar-refractivity contribution < 1.29 is 5.11 Å². The minimum absolute atomic E-state index is 0.184. The first-order valence-electron chi connectivity index (χ1n) is 2.77. The van der Waals surface area contributed by atoms with Gasteiger partial charge in [-0.05, 0) is 17.7 Å². The molecule has 0 aromatic heterocycles. The summed E-state index contributed by atoms with van der Waals surface area (Å²) in [6.45, 7) is 0. The summed E-state index contributed by atoms with van der Waals surface area (Å²) in [6, 6.07) is 6.55. The quantitative estimate of drug-likeness (QED) is 0.653. The van der Waals surface area contributed by atoms with Crippen LogP contribution < -0.4 is 0 Å². The lowest BCUT2D eigenvalue weighted by molar-refractivity contribution is 0.475. The molecule has 0 atom stereocenters. The van der Waals surface area contributed by atoms with Crippen LogP contribution in [0.15, 0.2) is 24.3 Å². The molecular formula is C7H6Cl2O. The topological polar surface area (TPSA) is 20.2 Å². The number of phenols is 1. The van der Waals surface area contributed by atoms with Gasteiger partial charge in [-0.25, -0.2) is 0 Å². The normalized spacial score (nSPS) is 10.3. The Morgan fingerprint density at radius 2 is 2.00 bits per heavy atom. The summed E-state index contributed by atoms with van der Waals surface area (Å²) in [7, 11) is 0. The van der Waals surface area contributed by atoms with E-state index >= 15 is 0 Å². The minimum atomic E-state index is -0.563. The zero-order valence-electron chi connectivity index (χ0n) is 5.09. The molecule has 0 radical (unpaired) electrons. The lowest BCUT2D eigenvalue weighted by atomic mass is 10.2. The maximum absolute atomic E-state index is 8.94. The Balaban J connectivity index is 2.96. The van der Waals surface area contributed by atoms with Gasteiger partial charge in [0.2, 0.25) is 0 Å². The van der Waals surface area contributed by atoms with Gasteiger partial charge in [-0.2, -0.15) is 0 Å². The number of alkyl halides is 2. The first-order chi connectivity index (χ1) is 4.70. The average Bonchev–Trinajstić information content (AvgIpc) is 1.88. The zero-order valence-corrected chi connectivity index (χ0v) is 6.60. The molecule has 0 spiro atoms. The predicted molar refractivity (Wildman–Crippen MR) is 42.6 cm³/mol. The molecule has 54 valence electrons. The number of hydrogen-bond acceptors (Lipinski definition) is 1. The Labute approximate surface area is 69.2 Å². The van der Waals surface area contributed by atoms with Crippen LogP contribution in [0.5, 0.6) is 5.75 Å². The van der Waals surface area contributed by atoms with Gasteiger partial charge in [-0.1, -0.05) is 12.1 Å². The SMILES string of the molecule is Oc1cccc(C(Cl)Cl)c1. The molecule has 1 rings (SSSR count). The van der Waals surface area contributed by atoms with E-state index in [0.29, 0.717) is 5.56 Å². The van der Waals surface area contributed by atoms with E-state index in [9.17, 15) is 0 Å². The van der Waals surface area contributed by atoms with Crippen LogP contribution in [0.2, 0.25) is 0 Å². The van der Waals surface area contributed by atoms with Crippen LogP contribution >= 0.6 is 23.2 Å². The standard InChI is InChI=1S/C7H6Cl2O/c8-7(9)5-2-1-3-6(10)4-5/h1-4,7,10H. The largest absolute Gasteiger partial charge is 0.508 e. The number of rotatable bonds is 1. The molecule has 0 unspecified atom stereocenters. The molecular weight excluding hydrogens is 171 g/mol. The molecule has 1 N–H and O–H groups in total. The Bertz CT molecular complexity index is 223. The molecule has 0 aliphatic heterocycles. The molecule has 0 saturated heterocycles. The number of halogens is 2. The molecule has 3 heteroatoms. The van der Waals surface area contributed by atoms with Crippen molar-refractivity contribution in [3.63, 3.8) is 0 Å². The molecule has 0 saturated carbocycles. The maximum atomic E-state index is 8.94. The van der Waals surface area contributed by atoms with Crippen molar-refractivity contribution in [2.24, 2.45) is 0 Å². The summed E-state index contributed by atoms with van der Waals surface area (Å²) >= 11 is 11.1. The first-order valence-corrected chi connectivity index (χ1v) is 3.64. The van der Waals surface area contributed by atoms with E-state index in [4.69, 9.17) is 28.3 Å². The second kappa shape index (κ2) is 3.13. The van der Waals surface area contributed by atoms with Gasteiger partial charge in [0.15, 0.2) is 0 Å². The molecule has 0 heterocycles. The van der Waals surface area contributed by atoms with Crippen LogP contribution in [-0.4, -0.2) is 5.11 Å². The first kappa shape index (κ1) is 7.70. The maximum Gasteiger partial charge on any atom is 0.132 e. The Hall–Kier alpha value is -0.400. The third kappa shape index (κ3) is 1.79. The highest BCUT2D eigenvalue weighted by Gasteiger charge is 2.01. The van der Waals surface area contributed by atoms with E-state index < -0.39 is 4.84 Å². The number of hydrogen-bond donors (Lipinski definition) is 1. The van der Waals surface area contributed by atoms with E-state index in [-0.39, 0.29) is 5.75 Å². The minimum Gasteiger partial charge on any atom is -0.508 e. The summed E-state index contributed by atoms with van der Waals surface area (Å²) < 4.78 is 0. The Morgan fingerprint density at radius 1 is 1.30 bits per heavy atom. The highest BCUT2D eigenvalue weighted by Crippen LogP contribution is 2.26. The van der Waals surface area contributed by atoms with Crippen LogP contribution in [0.4, 0.5) is 0 Å². The van der Waals surface area contributed by atoms with Gasteiger partial charge in [0.1, 0.15) is 10.6 Å². The van der Waals surface area contributed by atoms with Crippen LogP contribution in [0.1, 0.15) is 10.4 Å². The van der Waals surface area contributed by atoms with E-state index in [2.05, 4.69) is 0 Å². The van der Waals surface area contributed by atoms with Crippen molar-refractivity contribution in [1.82, 2.24) is 0 Å². The van der Waals surface area contributed by atoms with Crippen LogP contribution in [0, 0.1) is 0 Å². The summed E-state index contributed by atoms with van der Waals surface area (Å²) in [6.07, 6.45) is 0. The van der Waals surface area contributed by atoms with Crippen molar-refractivity contribution in [1.29, 1.82) is 0 Å². The van der Waals surface area contributed by atoms with Crippen LogP contribution in [-0.2, 0) is 0 Å². The second-order valence-corrected chi connectivity index (χ2v) is 2.99. The molecule has 1 aromatic carbocycles. The second-order valence-electron chi connectivity index (χ2n) is 1.90. The van der Waals surface area contributed by atoms with Crippen molar-refractivity contribution >= 4 is 23.2 Å². The molecule has 0 aliphatic rings. The lowest BCUT2D eigenvalue weighted by Gasteiger charge is -1.99. The molecule has 0 fully saturated rings. The molecule has 1 aromatic rings. The van der Waals surface area contributed by atoms with Crippen molar-refractivity contribution in [2.75, 3.05) is 0 Å². The molecule has 0 aliphatic carbocycles. The molecule has 0 amide bonds. The lowest BCUT2D eigenvalue weighted by Crippen LogP contribution is -1.78. The van der Waals surface area contributed by atoms with E-state index in [0.717, 1.165) is 0 Å². The van der Waals surface area contributed by atoms with Gasteiger partial charge in [0.25, 0.3) is 0 Å². The van der Waals surface area contributed by atoms with Gasteiger partial charge in [-0.3, -0.25) is 0 Å². The van der Waals surface area contributed by atoms with Crippen molar-refractivity contribution in [3.8, 4) is 5.75 Å². The van der Waals surface area contributed by atoms with E-state index in [1.54, 1.807) is 18.2 Å². The van der Waals surface area contributed by atoms with Gasteiger partial charge in [0.05, 0.1) is 0 Å². The number of aromatic hydroxyl groups is 1. The van der Waals surface area contributed by atoms with Crippen LogP contribution in [0.3, 0.4) is 0 Å². The van der Waals surface area contributed by atoms with Crippen molar-refractivity contribution in [2.45, 2.75) is 4.84 Å².